The SMILES string of the molecule is Cc1ccc(CNC(=O)c2ccc(Br)cc2)o1. The molecule has 0 aliphatic heterocycles. The highest BCUT2D eigenvalue weighted by molar-refractivity contribution is 9.10. The molecule has 0 atom stereocenters. The number of benzene rings is 1. The number of nitrogens with one attached hydrogen (secondary N) is 1. The summed E-state index contributed by atoms with van der Waals surface area (Å²) >= 11 is 3.33. The lowest BCUT2D eigenvalue weighted by molar-refractivity contribution is 0.0948. The van der Waals surface area contributed by atoms with E-state index in [1.807, 2.05) is 31.2 Å². The average molecular weight is 294 g/mol. The van der Waals surface area contributed by atoms with Crippen molar-refractivity contribution in [3.63, 3.8) is 0 Å². The van der Waals surface area contributed by atoms with Crippen LogP contribution in [0.2, 0.25) is 0 Å². The minimum atomic E-state index is -0.105. The second-order valence-corrected chi connectivity index (χ2v) is 4.62. The molecule has 17 heavy (non-hydrogen) atoms. The summed E-state index contributed by atoms with van der Waals surface area (Å²) in [5.74, 6) is 1.50. The fourth-order valence-electron chi connectivity index (χ4n) is 1.45. The maximum Gasteiger partial charge on any atom is 0.251 e. The van der Waals surface area contributed by atoms with E-state index in [-0.39, 0.29) is 5.91 Å². The zero-order valence-corrected chi connectivity index (χ0v) is 11.0. The molecule has 2 rings (SSSR count). The number of amides is 1. The first kappa shape index (κ1) is 11.9. The van der Waals surface area contributed by atoms with Gasteiger partial charge in [-0.25, -0.2) is 0 Å². The Hall–Kier alpha value is -1.55. The number of aryl methyl sites for hydroxylation is 1. The molecule has 0 fully saturated rings. The average Bonchev–Trinajstić information content (AvgIpc) is 2.73. The quantitative estimate of drug-likeness (QED) is 0.944. The summed E-state index contributed by atoms with van der Waals surface area (Å²) in [6.07, 6.45) is 0. The molecule has 1 aromatic heterocycles. The molecule has 1 aromatic carbocycles. The van der Waals surface area contributed by atoms with Gasteiger partial charge in [-0.15, -0.1) is 0 Å². The second-order valence-electron chi connectivity index (χ2n) is 3.70. The van der Waals surface area contributed by atoms with Gasteiger partial charge in [0.25, 0.3) is 5.91 Å². The summed E-state index contributed by atoms with van der Waals surface area (Å²) in [4.78, 5) is 11.8. The first-order valence-electron chi connectivity index (χ1n) is 5.24. The van der Waals surface area contributed by atoms with Crippen molar-refractivity contribution in [3.05, 3.63) is 58.0 Å². The minimum absolute atomic E-state index is 0.105. The summed E-state index contributed by atoms with van der Waals surface area (Å²) in [7, 11) is 0. The van der Waals surface area contributed by atoms with Crippen molar-refractivity contribution in [3.8, 4) is 0 Å². The Bertz CT molecular complexity index is 516. The van der Waals surface area contributed by atoms with E-state index in [2.05, 4.69) is 21.2 Å². The molecule has 3 nitrogen and oxygen atoms in total. The largest absolute Gasteiger partial charge is 0.465 e. The van der Waals surface area contributed by atoms with E-state index < -0.39 is 0 Å². The van der Waals surface area contributed by atoms with Gasteiger partial charge in [0.1, 0.15) is 11.5 Å². The van der Waals surface area contributed by atoms with E-state index in [0.717, 1.165) is 16.0 Å². The molecule has 0 unspecified atom stereocenters. The van der Waals surface area contributed by atoms with Crippen LogP contribution >= 0.6 is 15.9 Å². The van der Waals surface area contributed by atoms with Gasteiger partial charge in [-0.05, 0) is 43.3 Å². The molecule has 4 heteroatoms. The third-order valence-corrected chi connectivity index (χ3v) is 2.85. The van der Waals surface area contributed by atoms with Gasteiger partial charge in [0, 0.05) is 10.0 Å². The summed E-state index contributed by atoms with van der Waals surface area (Å²) in [6, 6.07) is 11.0. The van der Waals surface area contributed by atoms with Gasteiger partial charge < -0.3 is 9.73 Å². The van der Waals surface area contributed by atoms with Gasteiger partial charge in [0.15, 0.2) is 0 Å². The van der Waals surface area contributed by atoms with Gasteiger partial charge >= 0.3 is 0 Å². The number of rotatable bonds is 3. The van der Waals surface area contributed by atoms with Gasteiger partial charge in [-0.1, -0.05) is 15.9 Å². The molecule has 0 aliphatic carbocycles. The first-order valence-corrected chi connectivity index (χ1v) is 6.03. The fraction of sp³-hybridized carbons (Fsp3) is 0.154. The molecule has 0 saturated carbocycles. The molecule has 0 aliphatic rings. The second kappa shape index (κ2) is 5.19. The lowest BCUT2D eigenvalue weighted by atomic mass is 10.2. The molecule has 0 saturated heterocycles. The molecular weight excluding hydrogens is 282 g/mol. The Morgan fingerprint density at radius 2 is 1.94 bits per heavy atom. The highest BCUT2D eigenvalue weighted by Crippen LogP contribution is 2.11. The Balaban J connectivity index is 1.95. The van der Waals surface area contributed by atoms with Gasteiger partial charge in [0.2, 0.25) is 0 Å². The van der Waals surface area contributed by atoms with E-state index in [0.29, 0.717) is 12.1 Å². The number of carbonyl (C=O) groups is 1. The maximum absolute atomic E-state index is 11.8. The highest BCUT2D eigenvalue weighted by Gasteiger charge is 2.06. The molecule has 1 N–H and O–H groups in total. The van der Waals surface area contributed by atoms with E-state index >= 15 is 0 Å². The van der Waals surface area contributed by atoms with Crippen LogP contribution in [0.25, 0.3) is 0 Å². The molecule has 0 radical (unpaired) electrons. The molecule has 88 valence electrons. The Labute approximate surface area is 108 Å². The van der Waals surface area contributed by atoms with Crippen molar-refractivity contribution in [2.45, 2.75) is 13.5 Å². The van der Waals surface area contributed by atoms with Crippen molar-refractivity contribution >= 4 is 21.8 Å². The van der Waals surface area contributed by atoms with Crippen LogP contribution < -0.4 is 5.32 Å². The van der Waals surface area contributed by atoms with E-state index in [4.69, 9.17) is 4.42 Å². The molecule has 2 aromatic rings. The van der Waals surface area contributed by atoms with Crippen molar-refractivity contribution in [2.24, 2.45) is 0 Å². The predicted octanol–water partition coefficient (Wildman–Crippen LogP) is 3.28. The normalized spacial score (nSPS) is 10.2. The first-order chi connectivity index (χ1) is 8.15. The van der Waals surface area contributed by atoms with Crippen LogP contribution in [-0.2, 0) is 6.54 Å². The number of furan rings is 1. The Kier molecular flexibility index (Phi) is 3.64. The van der Waals surface area contributed by atoms with Crippen LogP contribution in [0.15, 0.2) is 45.3 Å². The van der Waals surface area contributed by atoms with Crippen LogP contribution in [0.4, 0.5) is 0 Å². The van der Waals surface area contributed by atoms with Crippen LogP contribution in [0.3, 0.4) is 0 Å². The smallest absolute Gasteiger partial charge is 0.251 e. The van der Waals surface area contributed by atoms with Gasteiger partial charge in [0.05, 0.1) is 6.54 Å². The van der Waals surface area contributed by atoms with Crippen molar-refractivity contribution in [1.29, 1.82) is 0 Å². The lowest BCUT2D eigenvalue weighted by Gasteiger charge is -2.03. The maximum atomic E-state index is 11.8. The summed E-state index contributed by atoms with van der Waals surface area (Å²) in [5, 5.41) is 2.80. The van der Waals surface area contributed by atoms with Crippen LogP contribution in [0.1, 0.15) is 21.9 Å². The zero-order chi connectivity index (χ0) is 12.3. The van der Waals surface area contributed by atoms with E-state index in [9.17, 15) is 4.79 Å². The number of carbonyl (C=O) groups excluding carboxylic acids is 1. The Morgan fingerprint density at radius 3 is 2.53 bits per heavy atom. The van der Waals surface area contributed by atoms with E-state index in [1.165, 1.54) is 0 Å². The van der Waals surface area contributed by atoms with E-state index in [1.54, 1.807) is 12.1 Å². The lowest BCUT2D eigenvalue weighted by Crippen LogP contribution is -2.22. The number of halogens is 1. The van der Waals surface area contributed by atoms with Gasteiger partial charge in [-0.2, -0.15) is 0 Å². The summed E-state index contributed by atoms with van der Waals surface area (Å²) in [6.45, 7) is 2.28. The van der Waals surface area contributed by atoms with Crippen LogP contribution in [-0.4, -0.2) is 5.91 Å². The fourth-order valence-corrected chi connectivity index (χ4v) is 1.72. The van der Waals surface area contributed by atoms with Crippen molar-refractivity contribution in [1.82, 2.24) is 5.32 Å². The zero-order valence-electron chi connectivity index (χ0n) is 9.37. The van der Waals surface area contributed by atoms with Crippen LogP contribution in [0.5, 0.6) is 0 Å². The monoisotopic (exact) mass is 293 g/mol. The van der Waals surface area contributed by atoms with Crippen LogP contribution in [0, 0.1) is 6.92 Å². The van der Waals surface area contributed by atoms with Crippen molar-refractivity contribution < 1.29 is 9.21 Å². The highest BCUT2D eigenvalue weighted by atomic mass is 79.9. The molecule has 0 bridgehead atoms. The number of hydrogen-bond acceptors (Lipinski definition) is 2. The molecule has 1 heterocycles. The summed E-state index contributed by atoms with van der Waals surface area (Å²) < 4.78 is 6.32. The summed E-state index contributed by atoms with van der Waals surface area (Å²) in [5.41, 5.74) is 0.636. The number of hydrogen-bond donors (Lipinski definition) is 1. The van der Waals surface area contributed by atoms with Crippen molar-refractivity contribution in [2.75, 3.05) is 0 Å². The predicted molar refractivity (Wildman–Crippen MR) is 68.8 cm³/mol. The molecule has 0 spiro atoms. The standard InChI is InChI=1S/C13H12BrNO2/c1-9-2-7-12(17-9)8-15-13(16)10-3-5-11(14)6-4-10/h2-7H,8H2,1H3,(H,15,16). The molecule has 1 amide bonds. The minimum Gasteiger partial charge on any atom is -0.465 e. The third kappa shape index (κ3) is 3.20. The Morgan fingerprint density at radius 1 is 1.24 bits per heavy atom. The third-order valence-electron chi connectivity index (χ3n) is 2.33. The topological polar surface area (TPSA) is 42.2 Å². The van der Waals surface area contributed by atoms with Gasteiger partial charge in [-0.3, -0.25) is 4.79 Å². The molecular formula is C13H12BrNO2.